The zero-order valence-electron chi connectivity index (χ0n) is 10.2. The van der Waals surface area contributed by atoms with Crippen LogP contribution in [-0.2, 0) is 20.8 Å². The van der Waals surface area contributed by atoms with E-state index in [1.807, 2.05) is 5.32 Å². The quantitative estimate of drug-likeness (QED) is 0.481. The van der Waals surface area contributed by atoms with Crippen molar-refractivity contribution in [3.05, 3.63) is 23.8 Å². The lowest BCUT2D eigenvalue weighted by Gasteiger charge is -2.12. The molecule has 108 valence electrons. The molecule has 0 aliphatic rings. The van der Waals surface area contributed by atoms with Crippen LogP contribution in [0.4, 0.5) is 0 Å². The van der Waals surface area contributed by atoms with Crippen molar-refractivity contribution >= 4 is 17.8 Å². The van der Waals surface area contributed by atoms with Crippen molar-refractivity contribution in [1.82, 2.24) is 5.32 Å². The molecule has 0 unspecified atom stereocenters. The van der Waals surface area contributed by atoms with E-state index in [-0.39, 0.29) is 23.5 Å². The van der Waals surface area contributed by atoms with Gasteiger partial charge in [-0.1, -0.05) is 6.07 Å². The number of phenolic OH excluding ortho intramolecular Hbond substituents is 2. The molecule has 5 N–H and O–H groups in total. The molecular formula is C12H13NO7. The Morgan fingerprint density at radius 1 is 1.15 bits per heavy atom. The Balaban J connectivity index is 2.70. The van der Waals surface area contributed by atoms with Gasteiger partial charge in [0.15, 0.2) is 0 Å². The zero-order chi connectivity index (χ0) is 15.3. The molecule has 1 atom stereocenters. The highest BCUT2D eigenvalue weighted by Crippen LogP contribution is 2.22. The van der Waals surface area contributed by atoms with Gasteiger partial charge in [-0.25, -0.2) is 4.79 Å². The molecule has 0 saturated carbocycles. The summed E-state index contributed by atoms with van der Waals surface area (Å²) in [6, 6.07) is 2.05. The number of carboxylic acid groups (broad SMARTS) is 2. The lowest BCUT2D eigenvalue weighted by molar-refractivity contribution is -0.147. The highest BCUT2D eigenvalue weighted by molar-refractivity contribution is 5.87. The third-order valence-electron chi connectivity index (χ3n) is 2.43. The van der Waals surface area contributed by atoms with Gasteiger partial charge in [-0.05, 0) is 6.07 Å². The number of benzene rings is 1. The first-order valence-electron chi connectivity index (χ1n) is 5.54. The minimum absolute atomic E-state index is 0.180. The Morgan fingerprint density at radius 2 is 1.80 bits per heavy atom. The first-order valence-corrected chi connectivity index (χ1v) is 5.54. The fraction of sp³-hybridized carbons (Fsp3) is 0.250. The van der Waals surface area contributed by atoms with Crippen LogP contribution in [0.15, 0.2) is 18.2 Å². The van der Waals surface area contributed by atoms with Gasteiger partial charge >= 0.3 is 11.9 Å². The maximum absolute atomic E-state index is 11.6. The highest BCUT2D eigenvalue weighted by Gasteiger charge is 2.23. The van der Waals surface area contributed by atoms with Crippen molar-refractivity contribution in [2.45, 2.75) is 18.9 Å². The summed E-state index contributed by atoms with van der Waals surface area (Å²) in [5.41, 5.74) is 0.180. The van der Waals surface area contributed by atoms with Crippen LogP contribution >= 0.6 is 0 Å². The first kappa shape index (κ1) is 15.3. The van der Waals surface area contributed by atoms with Gasteiger partial charge < -0.3 is 25.7 Å². The average Bonchev–Trinajstić information content (AvgIpc) is 2.31. The number of hydrogen-bond donors (Lipinski definition) is 5. The van der Waals surface area contributed by atoms with Crippen molar-refractivity contribution in [1.29, 1.82) is 0 Å². The van der Waals surface area contributed by atoms with Crippen LogP contribution in [0.5, 0.6) is 11.5 Å². The van der Waals surface area contributed by atoms with Crippen molar-refractivity contribution in [3.8, 4) is 11.5 Å². The molecule has 0 heterocycles. The van der Waals surface area contributed by atoms with Crippen LogP contribution in [0.1, 0.15) is 12.0 Å². The van der Waals surface area contributed by atoms with Crippen molar-refractivity contribution < 1.29 is 34.8 Å². The number of carbonyl (C=O) groups excluding carboxylic acids is 1. The second-order valence-corrected chi connectivity index (χ2v) is 4.05. The van der Waals surface area contributed by atoms with Gasteiger partial charge in [0.25, 0.3) is 0 Å². The number of aliphatic carboxylic acids is 2. The van der Waals surface area contributed by atoms with E-state index in [1.165, 1.54) is 12.1 Å². The first-order chi connectivity index (χ1) is 9.29. The molecule has 8 nitrogen and oxygen atoms in total. The molecule has 0 saturated heterocycles. The molecule has 1 rings (SSSR count). The third kappa shape index (κ3) is 4.48. The molecule has 0 fully saturated rings. The Labute approximate surface area is 113 Å². The number of carbonyl (C=O) groups is 3. The second kappa shape index (κ2) is 6.41. The summed E-state index contributed by atoms with van der Waals surface area (Å²) in [4.78, 5) is 32.8. The van der Waals surface area contributed by atoms with Crippen LogP contribution in [0.2, 0.25) is 0 Å². The average molecular weight is 283 g/mol. The van der Waals surface area contributed by atoms with E-state index in [0.29, 0.717) is 0 Å². The Kier molecular flexibility index (Phi) is 4.90. The van der Waals surface area contributed by atoms with E-state index < -0.39 is 30.3 Å². The van der Waals surface area contributed by atoms with Gasteiger partial charge in [-0.2, -0.15) is 0 Å². The number of rotatable bonds is 6. The molecule has 0 aliphatic heterocycles. The van der Waals surface area contributed by atoms with E-state index in [1.54, 1.807) is 0 Å². The Morgan fingerprint density at radius 3 is 2.30 bits per heavy atom. The number of phenols is 2. The fourth-order valence-electron chi connectivity index (χ4n) is 1.49. The predicted octanol–water partition coefficient (Wildman–Crippen LogP) is -0.316. The van der Waals surface area contributed by atoms with Crippen LogP contribution in [0.25, 0.3) is 0 Å². The van der Waals surface area contributed by atoms with Gasteiger partial charge in [0.2, 0.25) is 5.91 Å². The van der Waals surface area contributed by atoms with Gasteiger partial charge in [0.1, 0.15) is 17.5 Å². The fourth-order valence-corrected chi connectivity index (χ4v) is 1.49. The van der Waals surface area contributed by atoms with E-state index in [4.69, 9.17) is 15.3 Å². The molecule has 0 aromatic heterocycles. The lowest BCUT2D eigenvalue weighted by atomic mass is 10.1. The largest absolute Gasteiger partial charge is 0.508 e. The summed E-state index contributed by atoms with van der Waals surface area (Å²) in [6.45, 7) is 0. The van der Waals surface area contributed by atoms with Crippen LogP contribution in [0, 0.1) is 0 Å². The third-order valence-corrected chi connectivity index (χ3v) is 2.43. The summed E-state index contributed by atoms with van der Waals surface area (Å²) in [5, 5.41) is 37.9. The lowest BCUT2D eigenvalue weighted by Crippen LogP contribution is -2.42. The van der Waals surface area contributed by atoms with Gasteiger partial charge in [-0.3, -0.25) is 9.59 Å². The number of aromatic hydroxyl groups is 2. The van der Waals surface area contributed by atoms with E-state index in [2.05, 4.69) is 0 Å². The Bertz CT molecular complexity index is 541. The SMILES string of the molecule is O=C(O)C[C@H](NC(=O)Cc1ccc(O)cc1O)C(=O)O. The molecule has 1 aromatic rings. The van der Waals surface area contributed by atoms with Crippen LogP contribution in [-0.4, -0.2) is 44.3 Å². The van der Waals surface area contributed by atoms with Gasteiger partial charge in [0.05, 0.1) is 12.8 Å². The molecule has 1 aromatic carbocycles. The highest BCUT2D eigenvalue weighted by atomic mass is 16.4. The number of hydrogen-bond acceptors (Lipinski definition) is 5. The maximum atomic E-state index is 11.6. The van der Waals surface area contributed by atoms with Crippen molar-refractivity contribution in [2.75, 3.05) is 0 Å². The summed E-state index contributed by atoms with van der Waals surface area (Å²) < 4.78 is 0. The standard InChI is InChI=1S/C12H13NO7/c14-7-2-1-6(9(15)4-7)3-10(16)13-8(12(19)20)5-11(17)18/h1-2,4,8,14-15H,3,5H2,(H,13,16)(H,17,18)(H,19,20)/t8-/m0/s1. The minimum Gasteiger partial charge on any atom is -0.508 e. The van der Waals surface area contributed by atoms with Crippen molar-refractivity contribution in [3.63, 3.8) is 0 Å². The Hall–Kier alpha value is -2.77. The van der Waals surface area contributed by atoms with E-state index in [9.17, 15) is 19.5 Å². The molecular weight excluding hydrogens is 270 g/mol. The summed E-state index contributed by atoms with van der Waals surface area (Å²) in [6.07, 6.45) is -1.09. The molecule has 20 heavy (non-hydrogen) atoms. The molecule has 0 radical (unpaired) electrons. The van der Waals surface area contributed by atoms with E-state index >= 15 is 0 Å². The topological polar surface area (TPSA) is 144 Å². The second-order valence-electron chi connectivity index (χ2n) is 4.05. The normalized spacial score (nSPS) is 11.6. The summed E-state index contributed by atoms with van der Waals surface area (Å²) in [5.74, 6) is -4.06. The van der Waals surface area contributed by atoms with Gasteiger partial charge in [0, 0.05) is 11.6 Å². The molecule has 8 heteroatoms. The minimum atomic E-state index is -1.54. The number of nitrogens with one attached hydrogen (secondary N) is 1. The molecule has 0 aliphatic carbocycles. The molecule has 0 bridgehead atoms. The summed E-state index contributed by atoms with van der Waals surface area (Å²) in [7, 11) is 0. The van der Waals surface area contributed by atoms with Crippen molar-refractivity contribution in [2.24, 2.45) is 0 Å². The smallest absolute Gasteiger partial charge is 0.326 e. The van der Waals surface area contributed by atoms with Gasteiger partial charge in [-0.15, -0.1) is 0 Å². The number of carboxylic acids is 2. The van der Waals surface area contributed by atoms with Crippen LogP contribution < -0.4 is 5.32 Å². The maximum Gasteiger partial charge on any atom is 0.326 e. The van der Waals surface area contributed by atoms with E-state index in [0.717, 1.165) is 6.07 Å². The number of amides is 1. The molecule has 0 spiro atoms. The predicted molar refractivity (Wildman–Crippen MR) is 65.3 cm³/mol. The summed E-state index contributed by atoms with van der Waals surface area (Å²) >= 11 is 0. The van der Waals surface area contributed by atoms with Crippen LogP contribution in [0.3, 0.4) is 0 Å². The monoisotopic (exact) mass is 283 g/mol. The molecule has 1 amide bonds. The zero-order valence-corrected chi connectivity index (χ0v) is 10.2.